The van der Waals surface area contributed by atoms with Gasteiger partial charge in [0.25, 0.3) is 0 Å². The molecule has 1 N–H and O–H groups in total. The second-order valence-electron chi connectivity index (χ2n) is 1.78. The Morgan fingerprint density at radius 1 is 1.23 bits per heavy atom. The number of hydrogen-bond acceptors (Lipinski definition) is 1. The summed E-state index contributed by atoms with van der Waals surface area (Å²) in [5.74, 6) is -0.971. The first-order valence-corrected chi connectivity index (χ1v) is 4.07. The largest absolute Gasteiger partial charge is 0.478 e. The van der Waals surface area contributed by atoms with E-state index in [0.717, 1.165) is 11.6 Å². The molecule has 0 saturated carbocycles. The van der Waals surface area contributed by atoms with Crippen molar-refractivity contribution >= 4 is 5.97 Å². The summed E-state index contributed by atoms with van der Waals surface area (Å²) in [6.45, 7) is 11.0. The number of allylic oxidation sites excluding steroid dienone is 5. The highest BCUT2D eigenvalue weighted by atomic mass is 16.4. The van der Waals surface area contributed by atoms with Crippen molar-refractivity contribution in [2.75, 3.05) is 0 Å². The predicted octanol–water partition coefficient (Wildman–Crippen LogP) is 2.95. The number of hydrogen-bond donors (Lipinski definition) is 1. The fourth-order valence-corrected chi connectivity index (χ4v) is 0.495. The van der Waals surface area contributed by atoms with Crippen molar-refractivity contribution in [3.63, 3.8) is 0 Å². The molecule has 0 spiro atoms. The molecule has 0 radical (unpaired) electrons. The van der Waals surface area contributed by atoms with Crippen LogP contribution in [0.3, 0.4) is 0 Å². The van der Waals surface area contributed by atoms with E-state index in [2.05, 4.69) is 13.2 Å². The zero-order valence-corrected chi connectivity index (χ0v) is 8.16. The first kappa shape index (κ1) is 14.0. The van der Waals surface area contributed by atoms with Crippen LogP contribution in [-0.4, -0.2) is 11.1 Å². The van der Waals surface area contributed by atoms with Gasteiger partial charge in [0.2, 0.25) is 0 Å². The normalized spacial score (nSPS) is 10.2. The van der Waals surface area contributed by atoms with Crippen LogP contribution in [-0.2, 0) is 4.79 Å². The highest BCUT2D eigenvalue weighted by Gasteiger charge is 1.85. The first-order chi connectivity index (χ1) is 6.20. The third-order valence-electron chi connectivity index (χ3n) is 0.964. The Morgan fingerprint density at radius 3 is 2.08 bits per heavy atom. The van der Waals surface area contributed by atoms with Gasteiger partial charge in [-0.2, -0.15) is 0 Å². The number of aliphatic carboxylic acids is 1. The Bertz CT molecular complexity index is 222. The molecule has 2 heteroatoms. The molecule has 0 fully saturated rings. The molecule has 0 unspecified atom stereocenters. The fraction of sp³-hybridized carbons (Fsp3) is 0.182. The lowest BCUT2D eigenvalue weighted by atomic mass is 10.2. The SMILES string of the molecule is C=C/C=C(C=C)/C=C/C(=O)O.CC. The molecule has 0 atom stereocenters. The molecule has 0 amide bonds. The first-order valence-electron chi connectivity index (χ1n) is 4.07. The van der Waals surface area contributed by atoms with Crippen molar-refractivity contribution in [3.8, 4) is 0 Å². The lowest BCUT2D eigenvalue weighted by molar-refractivity contribution is -0.131. The van der Waals surface area contributed by atoms with Gasteiger partial charge in [-0.05, 0) is 11.6 Å². The Balaban J connectivity index is 0. The van der Waals surface area contributed by atoms with Crippen LogP contribution in [0.25, 0.3) is 0 Å². The molecule has 0 heterocycles. The van der Waals surface area contributed by atoms with Gasteiger partial charge in [-0.3, -0.25) is 0 Å². The Labute approximate surface area is 79.6 Å². The molecule has 0 aliphatic rings. The van der Waals surface area contributed by atoms with Crippen LogP contribution in [0.1, 0.15) is 13.8 Å². The lowest BCUT2D eigenvalue weighted by Crippen LogP contribution is -1.85. The predicted molar refractivity (Wildman–Crippen MR) is 56.6 cm³/mol. The fourth-order valence-electron chi connectivity index (χ4n) is 0.495. The van der Waals surface area contributed by atoms with Crippen LogP contribution in [0, 0.1) is 0 Å². The lowest BCUT2D eigenvalue weighted by Gasteiger charge is -1.87. The number of carbonyl (C=O) groups is 1. The van der Waals surface area contributed by atoms with Crippen LogP contribution in [0.2, 0.25) is 0 Å². The average Bonchev–Trinajstić information content (AvgIpc) is 2.15. The van der Waals surface area contributed by atoms with Gasteiger partial charge in [-0.1, -0.05) is 45.2 Å². The van der Waals surface area contributed by atoms with Gasteiger partial charge in [0.1, 0.15) is 0 Å². The quantitative estimate of drug-likeness (QED) is 0.533. The molecule has 0 aromatic heterocycles. The van der Waals surface area contributed by atoms with E-state index < -0.39 is 5.97 Å². The van der Waals surface area contributed by atoms with E-state index in [1.807, 2.05) is 13.8 Å². The van der Waals surface area contributed by atoms with Crippen LogP contribution >= 0.6 is 0 Å². The van der Waals surface area contributed by atoms with E-state index >= 15 is 0 Å². The second-order valence-corrected chi connectivity index (χ2v) is 1.78. The molecule has 0 rings (SSSR count). The van der Waals surface area contributed by atoms with E-state index in [4.69, 9.17) is 5.11 Å². The maximum absolute atomic E-state index is 10.0. The Hall–Kier alpha value is -1.57. The van der Waals surface area contributed by atoms with E-state index in [1.165, 1.54) is 6.08 Å². The molecular formula is C11H16O2. The number of carboxylic acids is 1. The highest BCUT2D eigenvalue weighted by Crippen LogP contribution is 1.97. The zero-order chi connectivity index (χ0) is 10.7. The van der Waals surface area contributed by atoms with Gasteiger partial charge < -0.3 is 5.11 Å². The van der Waals surface area contributed by atoms with Gasteiger partial charge in [-0.25, -0.2) is 4.79 Å². The molecule has 0 aromatic rings. The molecule has 0 aliphatic carbocycles. The van der Waals surface area contributed by atoms with Crippen LogP contribution in [0.4, 0.5) is 0 Å². The molecule has 72 valence electrons. The van der Waals surface area contributed by atoms with Crippen LogP contribution < -0.4 is 0 Å². The standard InChI is InChI=1S/C9H10O2.C2H6/c1-3-5-8(4-2)6-7-9(10)11;1-2/h3-7H,1-2H2,(H,10,11);1-2H3/b7-6+,8-5+;. The minimum absolute atomic E-state index is 0.724. The van der Waals surface area contributed by atoms with E-state index in [-0.39, 0.29) is 0 Å². The molecule has 2 nitrogen and oxygen atoms in total. The molecule has 0 aromatic carbocycles. The van der Waals surface area contributed by atoms with Crippen molar-refractivity contribution < 1.29 is 9.90 Å². The monoisotopic (exact) mass is 180 g/mol. The Kier molecular flexibility index (Phi) is 11.2. The topological polar surface area (TPSA) is 37.3 Å². The van der Waals surface area contributed by atoms with E-state index in [0.29, 0.717) is 0 Å². The van der Waals surface area contributed by atoms with Gasteiger partial charge in [0.15, 0.2) is 0 Å². The van der Waals surface area contributed by atoms with Crippen molar-refractivity contribution in [2.24, 2.45) is 0 Å². The summed E-state index contributed by atoms with van der Waals surface area (Å²) in [5, 5.41) is 8.25. The van der Waals surface area contributed by atoms with E-state index in [9.17, 15) is 4.79 Å². The Morgan fingerprint density at radius 2 is 1.77 bits per heavy atom. The van der Waals surface area contributed by atoms with Gasteiger partial charge in [-0.15, -0.1) is 0 Å². The summed E-state index contributed by atoms with van der Waals surface area (Å²) in [6, 6.07) is 0. The average molecular weight is 180 g/mol. The molecule has 13 heavy (non-hydrogen) atoms. The molecule has 0 aliphatic heterocycles. The number of rotatable bonds is 4. The smallest absolute Gasteiger partial charge is 0.328 e. The van der Waals surface area contributed by atoms with Gasteiger partial charge in [0, 0.05) is 6.08 Å². The minimum Gasteiger partial charge on any atom is -0.478 e. The molecule has 0 bridgehead atoms. The van der Waals surface area contributed by atoms with Crippen molar-refractivity contribution in [1.82, 2.24) is 0 Å². The maximum atomic E-state index is 10.0. The van der Waals surface area contributed by atoms with Crippen molar-refractivity contribution in [3.05, 3.63) is 49.1 Å². The third kappa shape index (κ3) is 10.4. The van der Waals surface area contributed by atoms with Crippen molar-refractivity contribution in [2.45, 2.75) is 13.8 Å². The second kappa shape index (κ2) is 10.4. The van der Waals surface area contributed by atoms with Crippen molar-refractivity contribution in [1.29, 1.82) is 0 Å². The van der Waals surface area contributed by atoms with Gasteiger partial charge >= 0.3 is 5.97 Å². The summed E-state index contributed by atoms with van der Waals surface area (Å²) in [7, 11) is 0. The summed E-state index contributed by atoms with van der Waals surface area (Å²) in [6.07, 6.45) is 7.31. The summed E-state index contributed by atoms with van der Waals surface area (Å²) < 4.78 is 0. The van der Waals surface area contributed by atoms with E-state index in [1.54, 1.807) is 18.2 Å². The highest BCUT2D eigenvalue weighted by molar-refractivity contribution is 5.80. The molecule has 0 saturated heterocycles. The summed E-state index contributed by atoms with van der Waals surface area (Å²) in [5.41, 5.74) is 0.724. The van der Waals surface area contributed by atoms with Crippen LogP contribution in [0.15, 0.2) is 49.1 Å². The van der Waals surface area contributed by atoms with Crippen LogP contribution in [0.5, 0.6) is 0 Å². The maximum Gasteiger partial charge on any atom is 0.328 e. The summed E-state index contributed by atoms with van der Waals surface area (Å²) in [4.78, 5) is 10.0. The number of carboxylic acid groups (broad SMARTS) is 1. The van der Waals surface area contributed by atoms with Gasteiger partial charge in [0.05, 0.1) is 0 Å². The minimum atomic E-state index is -0.971. The summed E-state index contributed by atoms with van der Waals surface area (Å²) >= 11 is 0. The zero-order valence-electron chi connectivity index (χ0n) is 8.16. The third-order valence-corrected chi connectivity index (χ3v) is 0.964. The molecular weight excluding hydrogens is 164 g/mol.